The molecule has 0 aliphatic heterocycles. The van der Waals surface area contributed by atoms with Crippen molar-refractivity contribution in [1.29, 1.82) is 0 Å². The van der Waals surface area contributed by atoms with Crippen molar-refractivity contribution in [3.05, 3.63) is 30.0 Å². The van der Waals surface area contributed by atoms with Crippen LogP contribution < -0.4 is 9.47 Å². The van der Waals surface area contributed by atoms with E-state index in [2.05, 4.69) is 5.10 Å². The predicted molar refractivity (Wildman–Crippen MR) is 62.1 cm³/mol. The van der Waals surface area contributed by atoms with Gasteiger partial charge in [-0.3, -0.25) is 5.10 Å². The van der Waals surface area contributed by atoms with Crippen molar-refractivity contribution in [3.63, 3.8) is 0 Å². The predicted octanol–water partition coefficient (Wildman–Crippen LogP) is 3.11. The second-order valence-electron chi connectivity index (χ2n) is 3.77. The summed E-state index contributed by atoms with van der Waals surface area (Å²) in [6.45, 7) is 0. The van der Waals surface area contributed by atoms with Crippen molar-refractivity contribution in [2.24, 2.45) is 0 Å². The summed E-state index contributed by atoms with van der Waals surface area (Å²) in [4.78, 5) is 0. The summed E-state index contributed by atoms with van der Waals surface area (Å²) in [5, 5.41) is 5.61. The van der Waals surface area contributed by atoms with Crippen LogP contribution >= 0.6 is 0 Å². The Balaban J connectivity index is 2.43. The summed E-state index contributed by atoms with van der Waals surface area (Å²) in [5.74, 6) is 0.955. The van der Waals surface area contributed by atoms with Gasteiger partial charge in [-0.05, 0) is 18.2 Å². The molecule has 0 amide bonds. The molecular formula is C12H11F3N2O2. The standard InChI is InChI=1S/C12H11F3N2O2/c1-18-8-3-7(4-9(5-8)19-2)10-6-11(17-16-10)12(13,14)15/h3-6H,1-2H3,(H,16,17). The second kappa shape index (κ2) is 4.83. The third-order valence-corrected chi connectivity index (χ3v) is 2.53. The molecule has 2 aromatic rings. The lowest BCUT2D eigenvalue weighted by molar-refractivity contribution is -0.141. The molecule has 1 heterocycles. The molecule has 0 bridgehead atoms. The van der Waals surface area contributed by atoms with Crippen LogP contribution in [0.15, 0.2) is 24.3 Å². The van der Waals surface area contributed by atoms with Gasteiger partial charge in [-0.25, -0.2) is 0 Å². The lowest BCUT2D eigenvalue weighted by atomic mass is 10.1. The summed E-state index contributed by atoms with van der Waals surface area (Å²) >= 11 is 0. The van der Waals surface area contributed by atoms with Crippen LogP contribution in [-0.2, 0) is 6.18 Å². The zero-order valence-corrected chi connectivity index (χ0v) is 10.2. The van der Waals surface area contributed by atoms with Crippen LogP contribution in [0.5, 0.6) is 11.5 Å². The van der Waals surface area contributed by atoms with Gasteiger partial charge in [0.1, 0.15) is 17.2 Å². The van der Waals surface area contributed by atoms with Crippen molar-refractivity contribution in [2.75, 3.05) is 14.2 Å². The Morgan fingerprint density at radius 3 is 2.00 bits per heavy atom. The maximum absolute atomic E-state index is 12.5. The Morgan fingerprint density at radius 2 is 1.58 bits per heavy atom. The number of ether oxygens (including phenoxy) is 2. The number of hydrogen-bond donors (Lipinski definition) is 1. The molecule has 1 aromatic carbocycles. The monoisotopic (exact) mass is 272 g/mol. The van der Waals surface area contributed by atoms with Gasteiger partial charge < -0.3 is 9.47 Å². The molecule has 1 N–H and O–H groups in total. The summed E-state index contributed by atoms with van der Waals surface area (Å²) < 4.78 is 47.6. The number of halogens is 3. The topological polar surface area (TPSA) is 47.1 Å². The van der Waals surface area contributed by atoms with Gasteiger partial charge in [0, 0.05) is 11.6 Å². The Morgan fingerprint density at radius 1 is 1.00 bits per heavy atom. The SMILES string of the molecule is COc1cc(OC)cc(-c2cc(C(F)(F)F)[nH]n2)c1. The number of aromatic amines is 1. The highest BCUT2D eigenvalue weighted by Crippen LogP contribution is 2.33. The van der Waals surface area contributed by atoms with Crippen LogP contribution in [0, 0.1) is 0 Å². The molecule has 0 unspecified atom stereocenters. The van der Waals surface area contributed by atoms with E-state index >= 15 is 0 Å². The highest BCUT2D eigenvalue weighted by Gasteiger charge is 2.33. The lowest BCUT2D eigenvalue weighted by Gasteiger charge is -2.06. The molecule has 7 heteroatoms. The second-order valence-corrected chi connectivity index (χ2v) is 3.77. The number of nitrogens with one attached hydrogen (secondary N) is 1. The van der Waals surface area contributed by atoms with E-state index in [-0.39, 0.29) is 5.69 Å². The van der Waals surface area contributed by atoms with E-state index in [4.69, 9.17) is 9.47 Å². The van der Waals surface area contributed by atoms with E-state index in [0.717, 1.165) is 6.07 Å². The molecule has 0 aliphatic carbocycles. The van der Waals surface area contributed by atoms with E-state index in [0.29, 0.717) is 17.1 Å². The average Bonchev–Trinajstić information content (AvgIpc) is 2.87. The van der Waals surface area contributed by atoms with Gasteiger partial charge in [-0.15, -0.1) is 0 Å². The Bertz CT molecular complexity index is 556. The van der Waals surface area contributed by atoms with Crippen LogP contribution in [0.4, 0.5) is 13.2 Å². The minimum Gasteiger partial charge on any atom is -0.497 e. The molecule has 0 saturated heterocycles. The first-order valence-corrected chi connectivity index (χ1v) is 5.30. The Hall–Kier alpha value is -2.18. The number of methoxy groups -OCH3 is 2. The molecule has 0 spiro atoms. The minimum absolute atomic E-state index is 0.171. The zero-order valence-electron chi connectivity index (χ0n) is 10.2. The number of nitrogens with zero attached hydrogens (tertiary/aromatic N) is 1. The molecule has 0 aliphatic rings. The quantitative estimate of drug-likeness (QED) is 0.933. The summed E-state index contributed by atoms with van der Waals surface area (Å²) in [6, 6.07) is 5.73. The maximum atomic E-state index is 12.5. The Labute approximate surface area is 107 Å². The molecule has 102 valence electrons. The number of aromatic nitrogens is 2. The number of benzene rings is 1. The van der Waals surface area contributed by atoms with Crippen LogP contribution in [0.25, 0.3) is 11.3 Å². The van der Waals surface area contributed by atoms with Gasteiger partial charge in [-0.2, -0.15) is 18.3 Å². The average molecular weight is 272 g/mol. The van der Waals surface area contributed by atoms with Crippen molar-refractivity contribution < 1.29 is 22.6 Å². The zero-order chi connectivity index (χ0) is 14.0. The van der Waals surface area contributed by atoms with Crippen LogP contribution in [-0.4, -0.2) is 24.4 Å². The normalized spacial score (nSPS) is 11.4. The van der Waals surface area contributed by atoms with E-state index in [1.165, 1.54) is 14.2 Å². The summed E-state index contributed by atoms with van der Waals surface area (Å²) in [7, 11) is 2.93. The fourth-order valence-electron chi connectivity index (χ4n) is 1.57. The molecular weight excluding hydrogens is 261 g/mol. The Kier molecular flexibility index (Phi) is 3.37. The molecule has 0 atom stereocenters. The van der Waals surface area contributed by atoms with Crippen LogP contribution in [0.2, 0.25) is 0 Å². The lowest BCUT2D eigenvalue weighted by Crippen LogP contribution is -2.04. The summed E-state index contributed by atoms with van der Waals surface area (Å²) in [6.07, 6.45) is -4.45. The van der Waals surface area contributed by atoms with Crippen molar-refractivity contribution in [1.82, 2.24) is 10.2 Å². The van der Waals surface area contributed by atoms with Gasteiger partial charge in [0.05, 0.1) is 19.9 Å². The number of H-pyrrole nitrogens is 1. The molecule has 19 heavy (non-hydrogen) atoms. The fraction of sp³-hybridized carbons (Fsp3) is 0.250. The van der Waals surface area contributed by atoms with Gasteiger partial charge >= 0.3 is 6.18 Å². The smallest absolute Gasteiger partial charge is 0.432 e. The third kappa shape index (κ3) is 2.81. The molecule has 0 fully saturated rings. The van der Waals surface area contributed by atoms with E-state index in [9.17, 15) is 13.2 Å². The van der Waals surface area contributed by atoms with Crippen LogP contribution in [0.1, 0.15) is 5.69 Å². The van der Waals surface area contributed by atoms with Gasteiger partial charge in [0.2, 0.25) is 0 Å². The highest BCUT2D eigenvalue weighted by atomic mass is 19.4. The van der Waals surface area contributed by atoms with Gasteiger partial charge in [0.25, 0.3) is 0 Å². The molecule has 4 nitrogen and oxygen atoms in total. The maximum Gasteiger partial charge on any atom is 0.432 e. The fourth-order valence-corrected chi connectivity index (χ4v) is 1.57. The third-order valence-electron chi connectivity index (χ3n) is 2.53. The molecule has 1 aromatic heterocycles. The largest absolute Gasteiger partial charge is 0.497 e. The first kappa shape index (κ1) is 13.3. The van der Waals surface area contributed by atoms with E-state index in [1.54, 1.807) is 18.2 Å². The van der Waals surface area contributed by atoms with Gasteiger partial charge in [0.15, 0.2) is 0 Å². The number of alkyl halides is 3. The van der Waals surface area contributed by atoms with E-state index in [1.807, 2.05) is 5.10 Å². The molecule has 0 saturated carbocycles. The minimum atomic E-state index is -4.45. The van der Waals surface area contributed by atoms with Crippen molar-refractivity contribution in [3.8, 4) is 22.8 Å². The van der Waals surface area contributed by atoms with Crippen molar-refractivity contribution >= 4 is 0 Å². The summed E-state index contributed by atoms with van der Waals surface area (Å²) in [5.41, 5.74) is -0.253. The van der Waals surface area contributed by atoms with Gasteiger partial charge in [-0.1, -0.05) is 0 Å². The molecule has 0 radical (unpaired) electrons. The van der Waals surface area contributed by atoms with Crippen molar-refractivity contribution in [2.45, 2.75) is 6.18 Å². The number of hydrogen-bond acceptors (Lipinski definition) is 3. The first-order chi connectivity index (χ1) is 8.94. The highest BCUT2D eigenvalue weighted by molar-refractivity contribution is 5.64. The van der Waals surface area contributed by atoms with Crippen LogP contribution in [0.3, 0.4) is 0 Å². The van der Waals surface area contributed by atoms with E-state index < -0.39 is 11.9 Å². The number of rotatable bonds is 3. The first-order valence-electron chi connectivity index (χ1n) is 5.30. The molecule has 2 rings (SSSR count).